The number of ether oxygens (including phenoxy) is 3. The maximum atomic E-state index is 12.8. The maximum absolute atomic E-state index is 12.8. The molecular formula is C18H20N2O6S. The molecule has 8 nitrogen and oxygen atoms in total. The lowest BCUT2D eigenvalue weighted by Gasteiger charge is -2.26. The summed E-state index contributed by atoms with van der Waals surface area (Å²) in [5, 5.41) is 0. The molecule has 1 aliphatic rings. The largest absolute Gasteiger partial charge is 0.496 e. The Morgan fingerprint density at radius 3 is 2.67 bits per heavy atom. The molecule has 9 heteroatoms. The van der Waals surface area contributed by atoms with E-state index in [9.17, 15) is 13.2 Å². The van der Waals surface area contributed by atoms with Gasteiger partial charge in [0, 0.05) is 19.3 Å². The average Bonchev–Trinajstić information content (AvgIpc) is 2.73. The molecule has 1 aromatic heterocycles. The number of hydrogen-bond acceptors (Lipinski definition) is 7. The number of aromatic nitrogens is 1. The van der Waals surface area contributed by atoms with Gasteiger partial charge >= 0.3 is 5.97 Å². The van der Waals surface area contributed by atoms with Crippen LogP contribution < -0.4 is 4.74 Å². The number of morpholine rings is 1. The summed E-state index contributed by atoms with van der Waals surface area (Å²) < 4.78 is 42.6. The molecule has 0 aliphatic carbocycles. The number of methoxy groups -OCH3 is 1. The van der Waals surface area contributed by atoms with Crippen LogP contribution in [0, 0.1) is 0 Å². The Morgan fingerprint density at radius 1 is 1.22 bits per heavy atom. The number of benzene rings is 1. The molecule has 0 atom stereocenters. The van der Waals surface area contributed by atoms with Crippen LogP contribution in [0.15, 0.2) is 47.5 Å². The topological polar surface area (TPSA) is 95.0 Å². The van der Waals surface area contributed by atoms with E-state index >= 15 is 0 Å². The molecule has 0 spiro atoms. The summed E-state index contributed by atoms with van der Waals surface area (Å²) in [6, 6.07) is 9.42. The molecule has 0 amide bonds. The van der Waals surface area contributed by atoms with Crippen molar-refractivity contribution in [3.63, 3.8) is 0 Å². The molecule has 1 fully saturated rings. The first-order valence-electron chi connectivity index (χ1n) is 8.35. The Balaban J connectivity index is 1.83. The molecule has 1 aromatic carbocycles. The Bertz CT molecular complexity index is 895. The lowest BCUT2D eigenvalue weighted by molar-refractivity contribution is 0.0463. The van der Waals surface area contributed by atoms with E-state index in [2.05, 4.69) is 4.98 Å². The van der Waals surface area contributed by atoms with Gasteiger partial charge in [-0.05, 0) is 30.3 Å². The molecule has 2 heterocycles. The minimum atomic E-state index is -3.73. The smallest absolute Gasteiger partial charge is 0.342 e. The van der Waals surface area contributed by atoms with Crippen molar-refractivity contribution in [3.05, 3.63) is 53.9 Å². The van der Waals surface area contributed by atoms with Gasteiger partial charge in [-0.15, -0.1) is 0 Å². The molecule has 0 saturated carbocycles. The van der Waals surface area contributed by atoms with E-state index < -0.39 is 16.0 Å². The first-order chi connectivity index (χ1) is 13.0. The number of pyridine rings is 1. The molecule has 1 saturated heterocycles. The highest BCUT2D eigenvalue weighted by atomic mass is 32.2. The molecule has 2 aromatic rings. The Morgan fingerprint density at radius 2 is 2.00 bits per heavy atom. The summed E-state index contributed by atoms with van der Waals surface area (Å²) in [5.41, 5.74) is 0.629. The van der Waals surface area contributed by atoms with Gasteiger partial charge < -0.3 is 14.2 Å². The second-order valence-electron chi connectivity index (χ2n) is 5.78. The van der Waals surface area contributed by atoms with Crippen molar-refractivity contribution >= 4 is 16.0 Å². The average molecular weight is 392 g/mol. The highest BCUT2D eigenvalue weighted by molar-refractivity contribution is 7.89. The van der Waals surface area contributed by atoms with Crippen molar-refractivity contribution in [3.8, 4) is 5.75 Å². The Kier molecular flexibility index (Phi) is 6.04. The van der Waals surface area contributed by atoms with Crippen LogP contribution in [0.25, 0.3) is 0 Å². The van der Waals surface area contributed by atoms with Crippen LogP contribution >= 0.6 is 0 Å². The number of nitrogens with zero attached hydrogens (tertiary/aromatic N) is 2. The van der Waals surface area contributed by atoms with Crippen molar-refractivity contribution in [2.75, 3.05) is 33.4 Å². The number of carbonyl (C=O) groups excluding carboxylic acids is 1. The van der Waals surface area contributed by atoms with Gasteiger partial charge in [0.1, 0.15) is 17.9 Å². The quantitative estimate of drug-likeness (QED) is 0.687. The monoisotopic (exact) mass is 392 g/mol. The van der Waals surface area contributed by atoms with Crippen LogP contribution in [-0.4, -0.2) is 57.1 Å². The van der Waals surface area contributed by atoms with E-state index in [0.29, 0.717) is 18.9 Å². The van der Waals surface area contributed by atoms with Gasteiger partial charge in [-0.25, -0.2) is 13.2 Å². The molecule has 27 heavy (non-hydrogen) atoms. The summed E-state index contributed by atoms with van der Waals surface area (Å²) in [6.07, 6.45) is 1.60. The van der Waals surface area contributed by atoms with Crippen molar-refractivity contribution in [2.45, 2.75) is 11.5 Å². The highest BCUT2D eigenvalue weighted by Crippen LogP contribution is 2.26. The van der Waals surface area contributed by atoms with Gasteiger partial charge in [-0.1, -0.05) is 6.07 Å². The third-order valence-corrected chi connectivity index (χ3v) is 5.97. The standard InChI is InChI=1S/C18H20N2O6S/c1-24-17-6-5-15(27(22,23)20-8-10-25-11-9-20)12-16(17)18(21)26-13-14-4-2-3-7-19-14/h2-7,12H,8-11,13H2,1H3. The first-order valence-corrected chi connectivity index (χ1v) is 9.79. The van der Waals surface area contributed by atoms with Crippen LogP contribution in [0.4, 0.5) is 0 Å². The molecule has 0 N–H and O–H groups in total. The van der Waals surface area contributed by atoms with E-state index in [1.165, 1.54) is 29.6 Å². The second kappa shape index (κ2) is 8.47. The fraction of sp³-hybridized carbons (Fsp3) is 0.333. The minimum Gasteiger partial charge on any atom is -0.496 e. The Labute approximate surface area is 157 Å². The zero-order valence-corrected chi connectivity index (χ0v) is 15.6. The lowest BCUT2D eigenvalue weighted by atomic mass is 10.2. The van der Waals surface area contributed by atoms with Crippen LogP contribution in [-0.2, 0) is 26.1 Å². The maximum Gasteiger partial charge on any atom is 0.342 e. The normalized spacial score (nSPS) is 15.3. The van der Waals surface area contributed by atoms with Crippen LogP contribution in [0.3, 0.4) is 0 Å². The number of esters is 1. The van der Waals surface area contributed by atoms with Crippen LogP contribution in [0.2, 0.25) is 0 Å². The summed E-state index contributed by atoms with van der Waals surface area (Å²) in [5.74, 6) is -0.446. The SMILES string of the molecule is COc1ccc(S(=O)(=O)N2CCOCC2)cc1C(=O)OCc1ccccn1. The summed E-state index contributed by atoms with van der Waals surface area (Å²) in [4.78, 5) is 16.6. The molecule has 0 radical (unpaired) electrons. The minimum absolute atomic E-state index is 0.00925. The van der Waals surface area contributed by atoms with Crippen LogP contribution in [0.5, 0.6) is 5.75 Å². The highest BCUT2D eigenvalue weighted by Gasteiger charge is 2.28. The zero-order chi connectivity index (χ0) is 19.3. The van der Waals surface area contributed by atoms with E-state index in [0.717, 1.165) is 0 Å². The third-order valence-electron chi connectivity index (χ3n) is 4.08. The molecule has 1 aliphatic heterocycles. The van der Waals surface area contributed by atoms with Gasteiger partial charge in [0.05, 0.1) is 30.9 Å². The van der Waals surface area contributed by atoms with Crippen molar-refractivity contribution < 1.29 is 27.4 Å². The van der Waals surface area contributed by atoms with Gasteiger partial charge in [-0.2, -0.15) is 4.31 Å². The van der Waals surface area contributed by atoms with E-state index in [1.54, 1.807) is 24.4 Å². The van der Waals surface area contributed by atoms with Gasteiger partial charge in [0.25, 0.3) is 0 Å². The summed E-state index contributed by atoms with van der Waals surface area (Å²) >= 11 is 0. The third kappa shape index (κ3) is 4.44. The van der Waals surface area contributed by atoms with Gasteiger partial charge in [-0.3, -0.25) is 4.98 Å². The van der Waals surface area contributed by atoms with Crippen molar-refractivity contribution in [2.24, 2.45) is 0 Å². The van der Waals surface area contributed by atoms with Gasteiger partial charge in [0.2, 0.25) is 10.0 Å². The predicted molar refractivity (Wildman–Crippen MR) is 95.9 cm³/mol. The number of hydrogen-bond donors (Lipinski definition) is 0. The van der Waals surface area contributed by atoms with Gasteiger partial charge in [0.15, 0.2) is 0 Å². The molecule has 0 unspecified atom stereocenters. The van der Waals surface area contributed by atoms with Crippen molar-refractivity contribution in [1.82, 2.24) is 9.29 Å². The van der Waals surface area contributed by atoms with Crippen LogP contribution in [0.1, 0.15) is 16.1 Å². The van der Waals surface area contributed by atoms with E-state index in [-0.39, 0.29) is 35.9 Å². The molecule has 144 valence electrons. The van der Waals surface area contributed by atoms with Crippen molar-refractivity contribution in [1.29, 1.82) is 0 Å². The molecular weight excluding hydrogens is 372 g/mol. The number of sulfonamides is 1. The molecule has 3 rings (SSSR count). The second-order valence-corrected chi connectivity index (χ2v) is 7.71. The lowest BCUT2D eigenvalue weighted by Crippen LogP contribution is -2.40. The summed E-state index contributed by atoms with van der Waals surface area (Å²) in [6.45, 7) is 1.20. The predicted octanol–water partition coefficient (Wildman–Crippen LogP) is 1.47. The first kappa shape index (κ1) is 19.3. The number of carbonyl (C=O) groups is 1. The van der Waals surface area contributed by atoms with E-state index in [4.69, 9.17) is 14.2 Å². The fourth-order valence-electron chi connectivity index (χ4n) is 2.64. The number of rotatable bonds is 6. The van der Waals surface area contributed by atoms with E-state index in [1.807, 2.05) is 0 Å². The Hall–Kier alpha value is -2.49. The zero-order valence-electron chi connectivity index (χ0n) is 14.8. The molecule has 0 bridgehead atoms. The summed E-state index contributed by atoms with van der Waals surface area (Å²) in [7, 11) is -2.33. The fourth-order valence-corrected chi connectivity index (χ4v) is 4.08.